The molecule has 0 aliphatic carbocycles. The van der Waals surface area contributed by atoms with Crippen molar-refractivity contribution in [1.29, 1.82) is 0 Å². The molecular weight excluding hydrogens is 349 g/mol. The minimum Gasteiger partial charge on any atom is -0.477 e. The van der Waals surface area contributed by atoms with E-state index in [9.17, 15) is 19.1 Å². The lowest BCUT2D eigenvalue weighted by molar-refractivity contribution is 0.0694. The summed E-state index contributed by atoms with van der Waals surface area (Å²) >= 11 is 0. The van der Waals surface area contributed by atoms with Crippen molar-refractivity contribution in [3.05, 3.63) is 62.4 Å². The van der Waals surface area contributed by atoms with Gasteiger partial charge in [-0.15, -0.1) is 0 Å². The van der Waals surface area contributed by atoms with Crippen molar-refractivity contribution in [2.75, 3.05) is 0 Å². The molecule has 27 heavy (non-hydrogen) atoms. The van der Waals surface area contributed by atoms with Gasteiger partial charge in [0, 0.05) is 35.8 Å². The SMILES string of the molecule is Cc1n[nH]c(C)c1Cc1cc2c(cc1F)c(=O)c(C(=O)O)cn2CC(C)C. The lowest BCUT2D eigenvalue weighted by atomic mass is 10.00. The zero-order valence-electron chi connectivity index (χ0n) is 15.8. The quantitative estimate of drug-likeness (QED) is 0.719. The molecule has 0 saturated carbocycles. The maximum absolute atomic E-state index is 14.8. The predicted octanol–water partition coefficient (Wildman–Crippen LogP) is 3.43. The van der Waals surface area contributed by atoms with E-state index in [0.717, 1.165) is 23.0 Å². The highest BCUT2D eigenvalue weighted by Crippen LogP contribution is 2.23. The Balaban J connectivity index is 2.24. The molecule has 0 aliphatic heterocycles. The van der Waals surface area contributed by atoms with Gasteiger partial charge in [0.15, 0.2) is 0 Å². The van der Waals surface area contributed by atoms with E-state index in [1.54, 1.807) is 10.6 Å². The highest BCUT2D eigenvalue weighted by atomic mass is 19.1. The van der Waals surface area contributed by atoms with Crippen LogP contribution in [-0.4, -0.2) is 25.8 Å². The minimum absolute atomic E-state index is 0.0810. The van der Waals surface area contributed by atoms with Gasteiger partial charge in [-0.25, -0.2) is 9.18 Å². The molecule has 2 heterocycles. The number of hydrogen-bond donors (Lipinski definition) is 2. The topological polar surface area (TPSA) is 88.0 Å². The molecule has 2 aromatic heterocycles. The largest absolute Gasteiger partial charge is 0.477 e. The van der Waals surface area contributed by atoms with Crippen LogP contribution in [-0.2, 0) is 13.0 Å². The number of aryl methyl sites for hydroxylation is 2. The maximum Gasteiger partial charge on any atom is 0.341 e. The molecular formula is C20H22FN3O3. The number of nitrogens with one attached hydrogen (secondary N) is 1. The molecule has 0 fully saturated rings. The second kappa shape index (κ2) is 6.98. The molecule has 7 heteroatoms. The summed E-state index contributed by atoms with van der Waals surface area (Å²) in [4.78, 5) is 23.9. The van der Waals surface area contributed by atoms with E-state index in [1.165, 1.54) is 6.20 Å². The number of aromatic carboxylic acids is 1. The lowest BCUT2D eigenvalue weighted by Crippen LogP contribution is -2.20. The number of fused-ring (bicyclic) bond motifs is 1. The Labute approximate surface area is 155 Å². The summed E-state index contributed by atoms with van der Waals surface area (Å²) in [7, 11) is 0. The van der Waals surface area contributed by atoms with Gasteiger partial charge >= 0.3 is 5.97 Å². The fraction of sp³-hybridized carbons (Fsp3) is 0.350. The van der Waals surface area contributed by atoms with Crippen LogP contribution in [0.2, 0.25) is 0 Å². The summed E-state index contributed by atoms with van der Waals surface area (Å²) < 4.78 is 16.5. The van der Waals surface area contributed by atoms with Crippen LogP contribution in [0.4, 0.5) is 4.39 Å². The average Bonchev–Trinajstić information content (AvgIpc) is 2.89. The highest BCUT2D eigenvalue weighted by molar-refractivity contribution is 5.92. The second-order valence-corrected chi connectivity index (χ2v) is 7.27. The Morgan fingerprint density at radius 1 is 1.33 bits per heavy atom. The molecule has 0 atom stereocenters. The van der Waals surface area contributed by atoms with Crippen LogP contribution >= 0.6 is 0 Å². The molecule has 0 amide bonds. The number of H-pyrrole nitrogens is 1. The number of rotatable bonds is 5. The molecule has 1 aromatic carbocycles. The first-order valence-corrected chi connectivity index (χ1v) is 8.78. The van der Waals surface area contributed by atoms with Crippen LogP contribution in [0.25, 0.3) is 10.9 Å². The van der Waals surface area contributed by atoms with Crippen molar-refractivity contribution in [3.8, 4) is 0 Å². The number of halogens is 1. The third-order valence-electron chi connectivity index (χ3n) is 4.69. The van der Waals surface area contributed by atoms with Gasteiger partial charge in [0.25, 0.3) is 0 Å². The summed E-state index contributed by atoms with van der Waals surface area (Å²) in [5, 5.41) is 16.4. The fourth-order valence-electron chi connectivity index (χ4n) is 3.31. The maximum atomic E-state index is 14.8. The van der Waals surface area contributed by atoms with E-state index in [-0.39, 0.29) is 16.9 Å². The van der Waals surface area contributed by atoms with Crippen molar-refractivity contribution in [1.82, 2.24) is 14.8 Å². The van der Waals surface area contributed by atoms with E-state index < -0.39 is 17.2 Å². The molecule has 0 aliphatic rings. The number of carboxylic acids is 1. The predicted molar refractivity (Wildman–Crippen MR) is 101 cm³/mol. The normalized spacial score (nSPS) is 11.5. The third kappa shape index (κ3) is 3.49. The number of nitrogens with zero attached hydrogens (tertiary/aromatic N) is 2. The van der Waals surface area contributed by atoms with Crippen molar-refractivity contribution >= 4 is 16.9 Å². The van der Waals surface area contributed by atoms with Gasteiger partial charge < -0.3 is 9.67 Å². The van der Waals surface area contributed by atoms with Crippen LogP contribution in [0.1, 0.15) is 46.7 Å². The summed E-state index contributed by atoms with van der Waals surface area (Å²) in [5.74, 6) is -1.61. The zero-order valence-corrected chi connectivity index (χ0v) is 15.8. The molecule has 2 N–H and O–H groups in total. The number of carboxylic acid groups (broad SMARTS) is 1. The smallest absolute Gasteiger partial charge is 0.341 e. The van der Waals surface area contributed by atoms with Gasteiger partial charge in [0.1, 0.15) is 11.4 Å². The number of carbonyl (C=O) groups is 1. The van der Waals surface area contributed by atoms with Crippen molar-refractivity contribution < 1.29 is 14.3 Å². The number of hydrogen-bond acceptors (Lipinski definition) is 3. The zero-order chi connectivity index (χ0) is 19.9. The first-order chi connectivity index (χ1) is 12.7. The lowest BCUT2D eigenvalue weighted by Gasteiger charge is -2.16. The minimum atomic E-state index is -1.31. The van der Waals surface area contributed by atoms with Gasteiger partial charge in [-0.2, -0.15) is 5.10 Å². The van der Waals surface area contributed by atoms with Crippen molar-refractivity contribution in [2.45, 2.75) is 40.7 Å². The molecule has 3 aromatic rings. The summed E-state index contributed by atoms with van der Waals surface area (Å²) in [6.07, 6.45) is 1.69. The van der Waals surface area contributed by atoms with Crippen molar-refractivity contribution in [3.63, 3.8) is 0 Å². The Hall–Kier alpha value is -2.96. The van der Waals surface area contributed by atoms with Gasteiger partial charge in [0.2, 0.25) is 5.43 Å². The number of benzene rings is 1. The third-order valence-corrected chi connectivity index (χ3v) is 4.69. The van der Waals surface area contributed by atoms with E-state index in [0.29, 0.717) is 24.0 Å². The number of pyridine rings is 1. The fourth-order valence-corrected chi connectivity index (χ4v) is 3.31. The van der Waals surface area contributed by atoms with Gasteiger partial charge in [0.05, 0.1) is 11.2 Å². The molecule has 142 valence electrons. The van der Waals surface area contributed by atoms with Gasteiger partial charge in [-0.05, 0) is 37.5 Å². The van der Waals surface area contributed by atoms with Crippen LogP contribution in [0, 0.1) is 25.6 Å². The molecule has 6 nitrogen and oxygen atoms in total. The van der Waals surface area contributed by atoms with Crippen LogP contribution in [0.3, 0.4) is 0 Å². The molecule has 0 unspecified atom stereocenters. The highest BCUT2D eigenvalue weighted by Gasteiger charge is 2.18. The molecule has 3 rings (SSSR count). The molecule has 0 saturated heterocycles. The van der Waals surface area contributed by atoms with Crippen LogP contribution in [0.15, 0.2) is 23.1 Å². The Bertz CT molecular complexity index is 1080. The average molecular weight is 371 g/mol. The van der Waals surface area contributed by atoms with Crippen LogP contribution in [0.5, 0.6) is 0 Å². The molecule has 0 bridgehead atoms. The summed E-state index contributed by atoms with van der Waals surface area (Å²) in [5.41, 5.74) is 2.54. The summed E-state index contributed by atoms with van der Waals surface area (Å²) in [6, 6.07) is 2.80. The number of aromatic nitrogens is 3. The van der Waals surface area contributed by atoms with E-state index in [1.807, 2.05) is 27.7 Å². The number of aromatic amines is 1. The monoisotopic (exact) mass is 371 g/mol. The molecule has 0 spiro atoms. The first kappa shape index (κ1) is 18.8. The first-order valence-electron chi connectivity index (χ1n) is 8.78. The summed E-state index contributed by atoms with van der Waals surface area (Å²) in [6.45, 7) is 8.24. The Morgan fingerprint density at radius 2 is 2.04 bits per heavy atom. The van der Waals surface area contributed by atoms with Gasteiger partial charge in [-0.1, -0.05) is 13.8 Å². The van der Waals surface area contributed by atoms with E-state index >= 15 is 0 Å². The second-order valence-electron chi connectivity index (χ2n) is 7.27. The Morgan fingerprint density at radius 3 is 2.59 bits per heavy atom. The van der Waals surface area contributed by atoms with Crippen molar-refractivity contribution in [2.24, 2.45) is 5.92 Å². The van der Waals surface area contributed by atoms with E-state index in [4.69, 9.17) is 0 Å². The van der Waals surface area contributed by atoms with E-state index in [2.05, 4.69) is 10.2 Å². The van der Waals surface area contributed by atoms with Gasteiger partial charge in [-0.3, -0.25) is 9.89 Å². The van der Waals surface area contributed by atoms with Crippen LogP contribution < -0.4 is 5.43 Å². The Kier molecular flexibility index (Phi) is 4.87. The standard InChI is InChI=1S/C20H22FN3O3/c1-10(2)8-24-9-16(20(26)27)19(25)15-7-17(21)13(6-18(15)24)5-14-11(3)22-23-12(14)4/h6-7,9-10H,5,8H2,1-4H3,(H,22,23)(H,26,27). The molecule has 0 radical (unpaired) electrons.